The molecule has 8 nitrogen and oxygen atoms in total. The number of amides is 2. The summed E-state index contributed by atoms with van der Waals surface area (Å²) in [7, 11) is 0. The Morgan fingerprint density at radius 3 is 1.28 bits per heavy atom. The minimum Gasteiger partial charge on any atom is -0.289 e. The Balaban J connectivity index is 3.52. The van der Waals surface area contributed by atoms with E-state index < -0.39 is 23.4 Å². The van der Waals surface area contributed by atoms with Gasteiger partial charge in [0.1, 0.15) is 0 Å². The van der Waals surface area contributed by atoms with Crippen molar-refractivity contribution < 1.29 is 29.6 Å². The van der Waals surface area contributed by atoms with Gasteiger partial charge < -0.3 is 0 Å². The zero-order valence-electron chi connectivity index (χ0n) is 9.77. The Morgan fingerprint density at radius 2 is 1.00 bits per heavy atom. The molecule has 0 aliphatic rings. The zero-order chi connectivity index (χ0) is 14.0. The first-order valence-electron chi connectivity index (χ1n) is 5.47. The van der Waals surface area contributed by atoms with Crippen molar-refractivity contribution in [3.63, 3.8) is 0 Å². The van der Waals surface area contributed by atoms with Gasteiger partial charge in [0.05, 0.1) is 0 Å². The highest BCUT2D eigenvalue weighted by atomic mass is 16.5. The third kappa shape index (κ3) is 6.71. The van der Waals surface area contributed by atoms with Gasteiger partial charge in [-0.3, -0.25) is 29.6 Å². The molecule has 2 amide bonds. The predicted molar refractivity (Wildman–Crippen MR) is 57.6 cm³/mol. The number of Topliss-reactive ketones (excluding diaryl/α,β-unsaturated/α-hetero) is 2. The Bertz CT molecular complexity index is 296. The van der Waals surface area contributed by atoms with Crippen LogP contribution in [0.4, 0.5) is 0 Å². The van der Waals surface area contributed by atoms with Gasteiger partial charge in [0.15, 0.2) is 0 Å². The first-order chi connectivity index (χ1) is 8.52. The lowest BCUT2D eigenvalue weighted by Gasteiger charge is -2.00. The van der Waals surface area contributed by atoms with Crippen LogP contribution >= 0.6 is 0 Å². The van der Waals surface area contributed by atoms with Gasteiger partial charge in [0.2, 0.25) is 11.6 Å². The van der Waals surface area contributed by atoms with Crippen LogP contribution in [-0.4, -0.2) is 33.8 Å². The van der Waals surface area contributed by atoms with Crippen molar-refractivity contribution in [3.05, 3.63) is 0 Å². The van der Waals surface area contributed by atoms with Crippen LogP contribution in [0.15, 0.2) is 0 Å². The van der Waals surface area contributed by atoms with Crippen LogP contribution in [0.5, 0.6) is 0 Å². The van der Waals surface area contributed by atoms with Crippen molar-refractivity contribution in [2.24, 2.45) is 0 Å². The van der Waals surface area contributed by atoms with E-state index in [1.165, 1.54) is 11.0 Å². The van der Waals surface area contributed by atoms with E-state index in [1.807, 2.05) is 0 Å². The molecule has 0 saturated heterocycles. The summed E-state index contributed by atoms with van der Waals surface area (Å²) >= 11 is 0. The fourth-order valence-electron chi connectivity index (χ4n) is 1.28. The monoisotopic (exact) mass is 260 g/mol. The maximum atomic E-state index is 10.9. The number of hydroxylamine groups is 2. The number of ketones is 2. The fourth-order valence-corrected chi connectivity index (χ4v) is 1.28. The molecular weight excluding hydrogens is 244 g/mol. The van der Waals surface area contributed by atoms with Crippen LogP contribution in [-0.2, 0) is 19.2 Å². The van der Waals surface area contributed by atoms with E-state index in [4.69, 9.17) is 10.4 Å². The molecule has 18 heavy (non-hydrogen) atoms. The van der Waals surface area contributed by atoms with Gasteiger partial charge in [-0.05, 0) is 12.8 Å². The number of rotatable bonds is 9. The summed E-state index contributed by atoms with van der Waals surface area (Å²) in [5.74, 6) is -3.48. The van der Waals surface area contributed by atoms with Crippen LogP contribution in [0.3, 0.4) is 0 Å². The molecule has 102 valence electrons. The maximum absolute atomic E-state index is 10.9. The predicted octanol–water partition coefficient (Wildman–Crippen LogP) is -0.524. The van der Waals surface area contributed by atoms with Gasteiger partial charge in [-0.15, -0.1) is 0 Å². The normalized spacial score (nSPS) is 9.67. The molecule has 0 heterocycles. The molecule has 8 heteroatoms. The number of hydrogen-bond donors (Lipinski definition) is 4. The van der Waals surface area contributed by atoms with Crippen LogP contribution in [0, 0.1) is 0 Å². The summed E-state index contributed by atoms with van der Waals surface area (Å²) in [6.07, 6.45) is 2.23. The largest absolute Gasteiger partial charge is 0.310 e. The Kier molecular flexibility index (Phi) is 8.33. The van der Waals surface area contributed by atoms with Crippen molar-refractivity contribution in [2.45, 2.75) is 38.5 Å². The van der Waals surface area contributed by atoms with E-state index in [2.05, 4.69) is 0 Å². The molecule has 0 aromatic heterocycles. The average Bonchev–Trinajstić information content (AvgIpc) is 2.39. The van der Waals surface area contributed by atoms with Crippen LogP contribution in [0.25, 0.3) is 0 Å². The Labute approximate surface area is 103 Å². The summed E-state index contributed by atoms with van der Waals surface area (Å²) in [5.41, 5.74) is 2.50. The second kappa shape index (κ2) is 9.25. The molecule has 0 radical (unpaired) electrons. The van der Waals surface area contributed by atoms with Gasteiger partial charge in [-0.25, -0.2) is 11.0 Å². The minimum absolute atomic E-state index is 0.0253. The first-order valence-corrected chi connectivity index (χ1v) is 5.47. The number of carbonyl (C=O) groups is 4. The summed E-state index contributed by atoms with van der Waals surface area (Å²) in [5, 5.41) is 16.3. The average molecular weight is 260 g/mol. The molecule has 0 aliphatic heterocycles. The Morgan fingerprint density at radius 1 is 0.667 bits per heavy atom. The van der Waals surface area contributed by atoms with E-state index in [0.29, 0.717) is 25.7 Å². The van der Waals surface area contributed by atoms with Gasteiger partial charge in [0.25, 0.3) is 0 Å². The molecule has 0 aromatic rings. The molecule has 0 aromatic carbocycles. The maximum Gasteiger partial charge on any atom is 0.310 e. The lowest BCUT2D eigenvalue weighted by molar-refractivity contribution is -0.143. The van der Waals surface area contributed by atoms with Gasteiger partial charge in [0, 0.05) is 12.8 Å². The van der Waals surface area contributed by atoms with Crippen molar-refractivity contribution >= 4 is 23.4 Å². The highest BCUT2D eigenvalue weighted by molar-refractivity contribution is 6.36. The lowest BCUT2D eigenvalue weighted by atomic mass is 10.1. The summed E-state index contributed by atoms with van der Waals surface area (Å²) in [6.45, 7) is 0. The minimum atomic E-state index is -1.04. The molecule has 0 fully saturated rings. The van der Waals surface area contributed by atoms with Gasteiger partial charge in [-0.1, -0.05) is 12.8 Å². The van der Waals surface area contributed by atoms with Gasteiger partial charge in [-0.2, -0.15) is 0 Å². The van der Waals surface area contributed by atoms with Crippen molar-refractivity contribution in [1.29, 1.82) is 0 Å². The molecule has 0 rings (SSSR count). The van der Waals surface area contributed by atoms with E-state index in [9.17, 15) is 19.2 Å². The SMILES string of the molecule is O=C(CCCCCCC(=O)C(=O)NO)C(=O)NO. The van der Waals surface area contributed by atoms with Crippen LogP contribution < -0.4 is 11.0 Å². The van der Waals surface area contributed by atoms with Crippen LogP contribution in [0.1, 0.15) is 38.5 Å². The fraction of sp³-hybridized carbons (Fsp3) is 0.600. The zero-order valence-corrected chi connectivity index (χ0v) is 9.77. The van der Waals surface area contributed by atoms with Gasteiger partial charge >= 0.3 is 11.8 Å². The van der Waals surface area contributed by atoms with Crippen molar-refractivity contribution in [3.8, 4) is 0 Å². The highest BCUT2D eigenvalue weighted by Crippen LogP contribution is 2.06. The molecule has 0 aliphatic carbocycles. The van der Waals surface area contributed by atoms with E-state index in [1.54, 1.807) is 0 Å². The molecule has 0 saturated carbocycles. The number of unbranched alkanes of at least 4 members (excludes halogenated alkanes) is 3. The van der Waals surface area contributed by atoms with Crippen LogP contribution in [0.2, 0.25) is 0 Å². The highest BCUT2D eigenvalue weighted by Gasteiger charge is 2.12. The number of hydrogen-bond acceptors (Lipinski definition) is 6. The first kappa shape index (κ1) is 16.2. The molecule has 0 atom stereocenters. The Hall–Kier alpha value is -1.80. The van der Waals surface area contributed by atoms with E-state index >= 15 is 0 Å². The number of carbonyl (C=O) groups excluding carboxylic acids is 4. The summed E-state index contributed by atoms with van der Waals surface area (Å²) in [4.78, 5) is 43.1. The van der Waals surface area contributed by atoms with Crippen molar-refractivity contribution in [2.75, 3.05) is 0 Å². The molecule has 0 bridgehead atoms. The summed E-state index contributed by atoms with van der Waals surface area (Å²) < 4.78 is 0. The van der Waals surface area contributed by atoms with Crippen molar-refractivity contribution in [1.82, 2.24) is 11.0 Å². The number of nitrogens with one attached hydrogen (secondary N) is 2. The van der Waals surface area contributed by atoms with E-state index in [-0.39, 0.29) is 12.8 Å². The molecule has 0 unspecified atom stereocenters. The lowest BCUT2D eigenvalue weighted by Crippen LogP contribution is -2.27. The molecule has 0 spiro atoms. The third-order valence-electron chi connectivity index (χ3n) is 2.27. The standard InChI is InChI=1S/C10H16N2O6/c13-7(9(15)11-17)5-3-1-2-4-6-8(14)10(16)12-18/h17-18H,1-6H2,(H,11,15)(H,12,16). The topological polar surface area (TPSA) is 133 Å². The molecular formula is C10H16N2O6. The molecule has 4 N–H and O–H groups in total. The quantitative estimate of drug-likeness (QED) is 0.191. The third-order valence-corrected chi connectivity index (χ3v) is 2.27. The second-order valence-electron chi connectivity index (χ2n) is 3.64. The second-order valence-corrected chi connectivity index (χ2v) is 3.64. The smallest absolute Gasteiger partial charge is 0.289 e. The van der Waals surface area contributed by atoms with E-state index in [0.717, 1.165) is 0 Å². The summed E-state index contributed by atoms with van der Waals surface area (Å²) in [6, 6.07) is 0.